The van der Waals surface area contributed by atoms with E-state index in [9.17, 15) is 13.2 Å². The first kappa shape index (κ1) is 24.4. The SMILES string of the molecule is FC(F)(F)c1cc(-c2ccc(OCc3c(Cl)cccc3Cl)cc2)nc2cc(-c3ccc(Cl)cc3)nn12. The molecule has 2 heterocycles. The lowest BCUT2D eigenvalue weighted by molar-refractivity contribution is -0.142. The van der Waals surface area contributed by atoms with E-state index in [1.54, 1.807) is 66.7 Å². The summed E-state index contributed by atoms with van der Waals surface area (Å²) in [5, 5.41) is 5.62. The molecule has 0 saturated heterocycles. The Labute approximate surface area is 218 Å². The van der Waals surface area contributed by atoms with Gasteiger partial charge in [0.05, 0.1) is 11.4 Å². The van der Waals surface area contributed by atoms with Crippen molar-refractivity contribution in [1.29, 1.82) is 0 Å². The van der Waals surface area contributed by atoms with Gasteiger partial charge >= 0.3 is 6.18 Å². The fourth-order valence-corrected chi connectivity index (χ4v) is 4.27. The highest BCUT2D eigenvalue weighted by Crippen LogP contribution is 2.34. The first-order chi connectivity index (χ1) is 17.2. The molecule has 3 aromatic carbocycles. The van der Waals surface area contributed by atoms with Crippen molar-refractivity contribution in [2.45, 2.75) is 12.8 Å². The average molecular weight is 549 g/mol. The van der Waals surface area contributed by atoms with Gasteiger partial charge in [-0.05, 0) is 54.6 Å². The third-order valence-electron chi connectivity index (χ3n) is 5.45. The normalized spacial score (nSPS) is 11.7. The van der Waals surface area contributed by atoms with Gasteiger partial charge in [-0.1, -0.05) is 53.0 Å². The fraction of sp³-hybridized carbons (Fsp3) is 0.0769. The van der Waals surface area contributed by atoms with E-state index in [1.165, 1.54) is 6.07 Å². The van der Waals surface area contributed by atoms with Crippen molar-refractivity contribution in [3.8, 4) is 28.3 Å². The van der Waals surface area contributed by atoms with Gasteiger partial charge < -0.3 is 4.74 Å². The van der Waals surface area contributed by atoms with E-state index in [1.807, 2.05) is 0 Å². The summed E-state index contributed by atoms with van der Waals surface area (Å²) in [6, 6.07) is 20.9. The molecule has 0 aliphatic carbocycles. The van der Waals surface area contributed by atoms with E-state index in [-0.39, 0.29) is 17.9 Å². The molecule has 0 aliphatic rings. The Balaban J connectivity index is 1.47. The number of hydrogen-bond acceptors (Lipinski definition) is 3. The van der Waals surface area contributed by atoms with Crippen LogP contribution in [0.15, 0.2) is 78.9 Å². The van der Waals surface area contributed by atoms with Gasteiger partial charge in [-0.3, -0.25) is 0 Å². The van der Waals surface area contributed by atoms with Crippen LogP contribution in [0.25, 0.3) is 28.2 Å². The zero-order valence-electron chi connectivity index (χ0n) is 18.2. The smallest absolute Gasteiger partial charge is 0.433 e. The summed E-state index contributed by atoms with van der Waals surface area (Å²) in [5.74, 6) is 0.501. The summed E-state index contributed by atoms with van der Waals surface area (Å²) in [6.45, 7) is 0.142. The molecule has 0 saturated carbocycles. The standard InChI is InChI=1S/C26H15Cl3F3N3O/c27-17-8-4-16(5-9-17)23-13-25-33-22(12-24(26(30,31)32)35(25)34-23)15-6-10-18(11-7-15)36-14-19-20(28)2-1-3-21(19)29/h1-13H,14H2. The highest BCUT2D eigenvalue weighted by molar-refractivity contribution is 6.36. The summed E-state index contributed by atoms with van der Waals surface area (Å²) in [5.41, 5.74) is 1.39. The van der Waals surface area contributed by atoms with E-state index in [0.29, 0.717) is 43.2 Å². The average Bonchev–Trinajstić information content (AvgIpc) is 3.27. The summed E-state index contributed by atoms with van der Waals surface area (Å²) in [6.07, 6.45) is -4.64. The molecule has 5 aromatic rings. The van der Waals surface area contributed by atoms with E-state index in [0.717, 1.165) is 10.6 Å². The molecule has 0 fully saturated rings. The molecule has 36 heavy (non-hydrogen) atoms. The monoisotopic (exact) mass is 547 g/mol. The molecule has 0 atom stereocenters. The Bertz CT molecular complexity index is 1530. The van der Waals surface area contributed by atoms with Crippen molar-refractivity contribution < 1.29 is 17.9 Å². The second-order valence-corrected chi connectivity index (χ2v) is 9.09. The predicted molar refractivity (Wildman–Crippen MR) is 135 cm³/mol. The number of fused-ring (bicyclic) bond motifs is 1. The first-order valence-corrected chi connectivity index (χ1v) is 11.7. The quantitative estimate of drug-likeness (QED) is 0.221. The minimum atomic E-state index is -4.64. The van der Waals surface area contributed by atoms with Crippen molar-refractivity contribution >= 4 is 40.4 Å². The maximum atomic E-state index is 13.9. The number of halogens is 6. The van der Waals surface area contributed by atoms with Crippen LogP contribution in [-0.4, -0.2) is 14.6 Å². The van der Waals surface area contributed by atoms with Crippen molar-refractivity contribution in [1.82, 2.24) is 14.6 Å². The zero-order valence-corrected chi connectivity index (χ0v) is 20.5. The van der Waals surface area contributed by atoms with E-state index >= 15 is 0 Å². The molecule has 0 N–H and O–H groups in total. The number of aromatic nitrogens is 3. The van der Waals surface area contributed by atoms with E-state index in [4.69, 9.17) is 39.5 Å². The van der Waals surface area contributed by atoms with Crippen molar-refractivity contribution in [3.05, 3.63) is 105 Å². The lowest BCUT2D eigenvalue weighted by atomic mass is 10.1. The van der Waals surface area contributed by atoms with Crippen LogP contribution in [-0.2, 0) is 12.8 Å². The maximum absolute atomic E-state index is 13.9. The van der Waals surface area contributed by atoms with Crippen molar-refractivity contribution in [3.63, 3.8) is 0 Å². The van der Waals surface area contributed by atoms with Crippen molar-refractivity contribution in [2.75, 3.05) is 0 Å². The number of alkyl halides is 3. The van der Waals surface area contributed by atoms with Crippen LogP contribution in [0.5, 0.6) is 5.75 Å². The number of benzene rings is 3. The second kappa shape index (κ2) is 9.65. The predicted octanol–water partition coefficient (Wildman–Crippen LogP) is 8.62. The lowest BCUT2D eigenvalue weighted by Gasteiger charge is -2.12. The zero-order chi connectivity index (χ0) is 25.4. The van der Waals surface area contributed by atoms with Gasteiger partial charge in [0.2, 0.25) is 0 Å². The van der Waals surface area contributed by atoms with E-state index < -0.39 is 11.9 Å². The molecule has 10 heteroatoms. The Hall–Kier alpha value is -3.26. The van der Waals surface area contributed by atoms with E-state index in [2.05, 4.69) is 10.1 Å². The molecule has 0 unspecified atom stereocenters. The summed E-state index contributed by atoms with van der Waals surface area (Å²) in [7, 11) is 0. The molecule has 0 bridgehead atoms. The molecule has 182 valence electrons. The summed E-state index contributed by atoms with van der Waals surface area (Å²) in [4.78, 5) is 4.43. The van der Waals surface area contributed by atoms with Crippen LogP contribution in [0, 0.1) is 0 Å². The topological polar surface area (TPSA) is 39.4 Å². The minimum Gasteiger partial charge on any atom is -0.489 e. The Kier molecular flexibility index (Phi) is 6.55. The molecule has 0 amide bonds. The number of ether oxygens (including phenoxy) is 1. The van der Waals surface area contributed by atoms with Crippen LogP contribution >= 0.6 is 34.8 Å². The molecular weight excluding hydrogens is 534 g/mol. The first-order valence-electron chi connectivity index (χ1n) is 10.6. The summed E-state index contributed by atoms with van der Waals surface area (Å²) < 4.78 is 48.3. The Morgan fingerprint density at radius 2 is 1.39 bits per heavy atom. The highest BCUT2D eigenvalue weighted by atomic mass is 35.5. The van der Waals surface area contributed by atoms with Crippen molar-refractivity contribution in [2.24, 2.45) is 0 Å². The maximum Gasteiger partial charge on any atom is 0.433 e. The number of hydrogen-bond donors (Lipinski definition) is 0. The van der Waals surface area contributed by atoms with Gasteiger partial charge in [-0.15, -0.1) is 0 Å². The molecule has 0 spiro atoms. The molecule has 0 radical (unpaired) electrons. The van der Waals surface area contributed by atoms with Crippen LogP contribution in [0.1, 0.15) is 11.3 Å². The fourth-order valence-electron chi connectivity index (χ4n) is 3.63. The minimum absolute atomic E-state index is 0.0680. The highest BCUT2D eigenvalue weighted by Gasteiger charge is 2.35. The van der Waals surface area contributed by atoms with Gasteiger partial charge in [0, 0.05) is 37.8 Å². The largest absolute Gasteiger partial charge is 0.489 e. The Morgan fingerprint density at radius 1 is 0.778 bits per heavy atom. The molecule has 5 rings (SSSR count). The van der Waals surface area contributed by atoms with Crippen LogP contribution in [0.4, 0.5) is 13.2 Å². The number of rotatable bonds is 5. The molecule has 2 aromatic heterocycles. The third kappa shape index (κ3) is 5.00. The van der Waals surface area contributed by atoms with Gasteiger partial charge in [0.1, 0.15) is 12.4 Å². The Morgan fingerprint density at radius 3 is 2.03 bits per heavy atom. The molecule has 0 aliphatic heterocycles. The van der Waals surface area contributed by atoms with Crippen LogP contribution < -0.4 is 4.74 Å². The van der Waals surface area contributed by atoms with Gasteiger partial charge in [-0.2, -0.15) is 18.3 Å². The molecule has 4 nitrogen and oxygen atoms in total. The summed E-state index contributed by atoms with van der Waals surface area (Å²) >= 11 is 18.3. The van der Waals surface area contributed by atoms with Crippen LogP contribution in [0.2, 0.25) is 15.1 Å². The van der Waals surface area contributed by atoms with Gasteiger partial charge in [-0.25, -0.2) is 9.50 Å². The van der Waals surface area contributed by atoms with Crippen LogP contribution in [0.3, 0.4) is 0 Å². The lowest BCUT2D eigenvalue weighted by Crippen LogP contribution is -2.13. The van der Waals surface area contributed by atoms with Gasteiger partial charge in [0.15, 0.2) is 11.3 Å². The molecular formula is C26H15Cl3F3N3O. The third-order valence-corrected chi connectivity index (χ3v) is 6.41. The second-order valence-electron chi connectivity index (χ2n) is 7.84. The number of nitrogens with zero attached hydrogens (tertiary/aromatic N) is 3. The van der Waals surface area contributed by atoms with Gasteiger partial charge in [0.25, 0.3) is 0 Å².